The van der Waals surface area contributed by atoms with Crippen molar-refractivity contribution >= 4 is 44.6 Å². The van der Waals surface area contributed by atoms with Crippen LogP contribution in [0.4, 0.5) is 5.69 Å². The molecule has 1 aromatic heterocycles. The lowest BCUT2D eigenvalue weighted by molar-refractivity contribution is 0.0359. The molecule has 1 unspecified atom stereocenters. The lowest BCUT2D eigenvalue weighted by atomic mass is 10.3. The van der Waals surface area contributed by atoms with Crippen LogP contribution < -0.4 is 5.32 Å². The molecule has 3 nitrogen and oxygen atoms in total. The predicted molar refractivity (Wildman–Crippen MR) is 87.6 cm³/mol. The maximum atomic E-state index is 9.84. The minimum atomic E-state index is -0.558. The zero-order chi connectivity index (χ0) is 14.4. The molecule has 0 radical (unpaired) electrons. The molecule has 6 heteroatoms. The lowest BCUT2D eigenvalue weighted by Crippen LogP contribution is -2.24. The molecule has 20 heavy (non-hydrogen) atoms. The Balaban J connectivity index is 1.69. The number of nitrogens with one attached hydrogen (secondary N) is 1. The van der Waals surface area contributed by atoms with E-state index < -0.39 is 6.10 Å². The Labute approximate surface area is 135 Å². The molecule has 0 aliphatic rings. The summed E-state index contributed by atoms with van der Waals surface area (Å²) >= 11 is 11.0. The highest BCUT2D eigenvalue weighted by Crippen LogP contribution is 2.25. The fourth-order valence-corrected chi connectivity index (χ4v) is 2.66. The van der Waals surface area contributed by atoms with Crippen LogP contribution in [0.5, 0.6) is 0 Å². The summed E-state index contributed by atoms with van der Waals surface area (Å²) in [5.41, 5.74) is 0.871. The van der Waals surface area contributed by atoms with E-state index in [2.05, 4.69) is 21.2 Å². The molecule has 1 heterocycles. The molecular weight excluding hydrogens is 362 g/mol. The first kappa shape index (κ1) is 15.8. The zero-order valence-electron chi connectivity index (χ0n) is 10.7. The van der Waals surface area contributed by atoms with Gasteiger partial charge in [-0.25, -0.2) is 0 Å². The quantitative estimate of drug-likeness (QED) is 0.762. The third-order valence-corrected chi connectivity index (χ3v) is 4.68. The van der Waals surface area contributed by atoms with Gasteiger partial charge in [0.05, 0.1) is 24.3 Å². The molecule has 0 bridgehead atoms. The minimum absolute atomic E-state index is 0.301. The predicted octanol–water partition coefficient (Wildman–Crippen LogP) is 4.15. The summed E-state index contributed by atoms with van der Waals surface area (Å²) in [4.78, 5) is 1.16. The maximum Gasteiger partial charge on any atom is 0.0945 e. The summed E-state index contributed by atoms with van der Waals surface area (Å²) in [6.45, 7) is 1.26. The molecule has 0 amide bonds. The molecule has 1 aromatic carbocycles. The Bertz CT molecular complexity index is 536. The molecule has 0 saturated carbocycles. The van der Waals surface area contributed by atoms with Gasteiger partial charge in [-0.3, -0.25) is 0 Å². The van der Waals surface area contributed by atoms with Gasteiger partial charge in [-0.2, -0.15) is 0 Å². The molecular formula is C14H15BrClNO2S. The normalized spacial score (nSPS) is 12.3. The minimum Gasteiger partial charge on any atom is -0.389 e. The van der Waals surface area contributed by atoms with Crippen LogP contribution in [0.2, 0.25) is 5.02 Å². The molecule has 0 fully saturated rings. The van der Waals surface area contributed by atoms with Crippen LogP contribution >= 0.6 is 38.9 Å². The molecule has 0 spiro atoms. The van der Waals surface area contributed by atoms with Crippen molar-refractivity contribution in [3.63, 3.8) is 0 Å². The summed E-state index contributed by atoms with van der Waals surface area (Å²) in [6, 6.07) is 9.57. The van der Waals surface area contributed by atoms with Gasteiger partial charge in [0, 0.05) is 21.6 Å². The first-order valence-electron chi connectivity index (χ1n) is 6.12. The maximum absolute atomic E-state index is 9.84. The number of ether oxygens (including phenoxy) is 1. The van der Waals surface area contributed by atoms with Crippen molar-refractivity contribution in [3.8, 4) is 0 Å². The highest BCUT2D eigenvalue weighted by atomic mass is 79.9. The number of hydrogen-bond acceptors (Lipinski definition) is 4. The number of anilines is 1. The van der Waals surface area contributed by atoms with E-state index in [1.165, 1.54) is 0 Å². The van der Waals surface area contributed by atoms with Gasteiger partial charge in [0.15, 0.2) is 0 Å². The molecule has 2 rings (SSSR count). The second-order valence-corrected chi connectivity index (χ2v) is 6.55. The highest BCUT2D eigenvalue weighted by molar-refractivity contribution is 9.10. The fourth-order valence-electron chi connectivity index (χ4n) is 1.59. The van der Waals surface area contributed by atoms with Gasteiger partial charge in [0.25, 0.3) is 0 Å². The van der Waals surface area contributed by atoms with Crippen LogP contribution in [0.1, 0.15) is 4.88 Å². The third-order valence-electron chi connectivity index (χ3n) is 2.60. The van der Waals surface area contributed by atoms with E-state index in [1.807, 2.05) is 35.7 Å². The number of rotatable bonds is 7. The van der Waals surface area contributed by atoms with E-state index in [4.69, 9.17) is 16.3 Å². The van der Waals surface area contributed by atoms with E-state index in [-0.39, 0.29) is 0 Å². The summed E-state index contributed by atoms with van der Waals surface area (Å²) in [5, 5.41) is 15.6. The zero-order valence-corrected chi connectivity index (χ0v) is 13.8. The van der Waals surface area contributed by atoms with Crippen LogP contribution in [0, 0.1) is 0 Å². The number of aliphatic hydroxyl groups is 1. The van der Waals surface area contributed by atoms with Crippen molar-refractivity contribution in [1.82, 2.24) is 0 Å². The van der Waals surface area contributed by atoms with Gasteiger partial charge in [-0.05, 0) is 45.6 Å². The van der Waals surface area contributed by atoms with E-state index in [1.54, 1.807) is 11.3 Å². The molecule has 2 N–H and O–H groups in total. The fraction of sp³-hybridized carbons (Fsp3) is 0.286. The van der Waals surface area contributed by atoms with Crippen LogP contribution in [0.3, 0.4) is 0 Å². The average Bonchev–Trinajstić information content (AvgIpc) is 2.93. The monoisotopic (exact) mass is 375 g/mol. The van der Waals surface area contributed by atoms with Gasteiger partial charge in [-0.15, -0.1) is 11.3 Å². The van der Waals surface area contributed by atoms with E-state index in [0.29, 0.717) is 24.8 Å². The average molecular weight is 377 g/mol. The van der Waals surface area contributed by atoms with Crippen molar-refractivity contribution in [2.24, 2.45) is 0 Å². The summed E-state index contributed by atoms with van der Waals surface area (Å²) in [6.07, 6.45) is -0.558. The second-order valence-electron chi connectivity index (χ2n) is 4.26. The largest absolute Gasteiger partial charge is 0.389 e. The Morgan fingerprint density at radius 2 is 2.25 bits per heavy atom. The van der Waals surface area contributed by atoms with Gasteiger partial charge in [0.2, 0.25) is 0 Å². The van der Waals surface area contributed by atoms with Crippen LogP contribution in [-0.4, -0.2) is 24.4 Å². The first-order valence-corrected chi connectivity index (χ1v) is 8.17. The molecule has 1 atom stereocenters. The van der Waals surface area contributed by atoms with Gasteiger partial charge < -0.3 is 15.2 Å². The van der Waals surface area contributed by atoms with Gasteiger partial charge in [0.1, 0.15) is 0 Å². The summed E-state index contributed by atoms with van der Waals surface area (Å²) in [7, 11) is 0. The Hall–Kier alpha value is -0.590. The summed E-state index contributed by atoms with van der Waals surface area (Å²) < 4.78 is 6.31. The van der Waals surface area contributed by atoms with Crippen molar-refractivity contribution in [3.05, 3.63) is 50.1 Å². The van der Waals surface area contributed by atoms with Crippen LogP contribution in [0.15, 0.2) is 40.2 Å². The number of aliphatic hydroxyl groups excluding tert-OH is 1. The van der Waals surface area contributed by atoms with Crippen LogP contribution in [0.25, 0.3) is 0 Å². The Kier molecular flexibility index (Phi) is 6.32. The van der Waals surface area contributed by atoms with Gasteiger partial charge >= 0.3 is 0 Å². The molecule has 0 aliphatic carbocycles. The van der Waals surface area contributed by atoms with E-state index in [0.717, 1.165) is 15.0 Å². The van der Waals surface area contributed by atoms with Gasteiger partial charge in [-0.1, -0.05) is 17.7 Å². The molecule has 2 aromatic rings. The van der Waals surface area contributed by atoms with Crippen molar-refractivity contribution in [1.29, 1.82) is 0 Å². The first-order chi connectivity index (χ1) is 9.65. The van der Waals surface area contributed by atoms with Crippen molar-refractivity contribution < 1.29 is 9.84 Å². The standard InChI is InChI=1S/C14H15BrClNO2S/c15-13-4-3-10(6-14(13)16)17-7-11(18)8-19-9-12-2-1-5-20-12/h1-6,11,17-18H,7-9H2. The SMILES string of the molecule is OC(CNc1ccc(Br)c(Cl)c1)COCc1cccs1. The topological polar surface area (TPSA) is 41.5 Å². The van der Waals surface area contributed by atoms with Crippen LogP contribution in [-0.2, 0) is 11.3 Å². The van der Waals surface area contributed by atoms with E-state index >= 15 is 0 Å². The third kappa shape index (κ3) is 5.07. The molecule has 108 valence electrons. The lowest BCUT2D eigenvalue weighted by Gasteiger charge is -2.13. The molecule has 0 aliphatic heterocycles. The highest BCUT2D eigenvalue weighted by Gasteiger charge is 2.06. The Morgan fingerprint density at radius 1 is 1.40 bits per heavy atom. The number of thiophene rings is 1. The Morgan fingerprint density at radius 3 is 2.95 bits per heavy atom. The molecule has 0 saturated heterocycles. The van der Waals surface area contributed by atoms with Crippen molar-refractivity contribution in [2.45, 2.75) is 12.7 Å². The number of halogens is 2. The second kappa shape index (κ2) is 8.00. The summed E-state index contributed by atoms with van der Waals surface area (Å²) in [5.74, 6) is 0. The number of benzene rings is 1. The van der Waals surface area contributed by atoms with E-state index in [9.17, 15) is 5.11 Å². The number of hydrogen-bond donors (Lipinski definition) is 2. The van der Waals surface area contributed by atoms with Crippen molar-refractivity contribution in [2.75, 3.05) is 18.5 Å². The smallest absolute Gasteiger partial charge is 0.0945 e.